The van der Waals surface area contributed by atoms with Crippen LogP contribution in [0.2, 0.25) is 0 Å². The van der Waals surface area contributed by atoms with E-state index in [1.165, 1.54) is 5.56 Å². The highest BCUT2D eigenvalue weighted by Gasteiger charge is 2.18. The molecule has 4 rings (SSSR count). The van der Waals surface area contributed by atoms with Crippen molar-refractivity contribution in [1.29, 1.82) is 0 Å². The fraction of sp³-hybridized carbons (Fsp3) is 0.0909. The van der Waals surface area contributed by atoms with E-state index >= 15 is 0 Å². The molecule has 3 aromatic rings. The van der Waals surface area contributed by atoms with E-state index in [4.69, 9.17) is 9.98 Å². The number of amidine groups is 2. The van der Waals surface area contributed by atoms with Crippen molar-refractivity contribution in [3.05, 3.63) is 96.1 Å². The molecule has 1 aliphatic rings. The maximum atomic E-state index is 4.88. The van der Waals surface area contributed by atoms with Gasteiger partial charge in [-0.2, -0.15) is 0 Å². The summed E-state index contributed by atoms with van der Waals surface area (Å²) >= 11 is 0. The molecule has 0 N–H and O–H groups in total. The van der Waals surface area contributed by atoms with Crippen LogP contribution in [0.3, 0.4) is 0 Å². The predicted octanol–water partition coefficient (Wildman–Crippen LogP) is 4.45. The lowest BCUT2D eigenvalue weighted by molar-refractivity contribution is 0.517. The fourth-order valence-corrected chi connectivity index (χ4v) is 3.03. The standard InChI is InChI=1S/C22H19N3/c1-25-16-23-21(24-22(25)18-12-6-3-7-13-18)20-15-9-8-14-19(20)17-10-4-2-5-11-17/h2-15H,16H2,1H3. The lowest BCUT2D eigenvalue weighted by atomic mass is 9.99. The van der Waals surface area contributed by atoms with Crippen LogP contribution in [0, 0.1) is 0 Å². The van der Waals surface area contributed by atoms with Crippen molar-refractivity contribution in [3.63, 3.8) is 0 Å². The van der Waals surface area contributed by atoms with Gasteiger partial charge in [0.15, 0.2) is 5.84 Å². The number of benzene rings is 3. The van der Waals surface area contributed by atoms with Crippen LogP contribution in [0.4, 0.5) is 0 Å². The van der Waals surface area contributed by atoms with Crippen molar-refractivity contribution < 1.29 is 0 Å². The molecule has 3 heteroatoms. The Morgan fingerprint density at radius 1 is 0.680 bits per heavy atom. The van der Waals surface area contributed by atoms with Gasteiger partial charge in [-0.15, -0.1) is 0 Å². The third-order valence-corrected chi connectivity index (χ3v) is 4.29. The number of aliphatic imine (C=N–C) groups is 2. The minimum absolute atomic E-state index is 0.603. The minimum Gasteiger partial charge on any atom is -0.340 e. The number of nitrogens with zero attached hydrogens (tertiary/aromatic N) is 3. The fourth-order valence-electron chi connectivity index (χ4n) is 3.03. The third kappa shape index (κ3) is 3.09. The monoisotopic (exact) mass is 325 g/mol. The number of hydrogen-bond acceptors (Lipinski definition) is 3. The Kier molecular flexibility index (Phi) is 4.13. The summed E-state index contributed by atoms with van der Waals surface area (Å²) in [6.07, 6.45) is 0. The molecule has 0 saturated carbocycles. The molecule has 0 unspecified atom stereocenters. The summed E-state index contributed by atoms with van der Waals surface area (Å²) in [4.78, 5) is 11.7. The van der Waals surface area contributed by atoms with E-state index < -0.39 is 0 Å². The first-order chi connectivity index (χ1) is 12.3. The Morgan fingerprint density at radius 2 is 1.24 bits per heavy atom. The van der Waals surface area contributed by atoms with Gasteiger partial charge in [0.05, 0.1) is 0 Å². The molecule has 0 aliphatic carbocycles. The highest BCUT2D eigenvalue weighted by molar-refractivity contribution is 6.14. The summed E-state index contributed by atoms with van der Waals surface area (Å²) in [5.74, 6) is 1.74. The molecule has 0 bridgehead atoms. The van der Waals surface area contributed by atoms with E-state index in [9.17, 15) is 0 Å². The van der Waals surface area contributed by atoms with Gasteiger partial charge in [0, 0.05) is 18.2 Å². The molecule has 1 aliphatic heterocycles. The average Bonchev–Trinajstić information content (AvgIpc) is 2.70. The van der Waals surface area contributed by atoms with Gasteiger partial charge in [0.1, 0.15) is 12.5 Å². The molecule has 3 nitrogen and oxygen atoms in total. The van der Waals surface area contributed by atoms with Crippen LogP contribution in [0.15, 0.2) is 94.9 Å². The van der Waals surface area contributed by atoms with Gasteiger partial charge in [0.25, 0.3) is 0 Å². The highest BCUT2D eigenvalue weighted by atomic mass is 15.3. The van der Waals surface area contributed by atoms with Gasteiger partial charge >= 0.3 is 0 Å². The van der Waals surface area contributed by atoms with E-state index in [0.717, 1.165) is 28.4 Å². The van der Waals surface area contributed by atoms with Gasteiger partial charge in [-0.3, -0.25) is 0 Å². The van der Waals surface area contributed by atoms with Gasteiger partial charge in [-0.1, -0.05) is 84.9 Å². The Balaban J connectivity index is 1.80. The van der Waals surface area contributed by atoms with Gasteiger partial charge < -0.3 is 4.90 Å². The largest absolute Gasteiger partial charge is 0.340 e. The van der Waals surface area contributed by atoms with Crippen molar-refractivity contribution in [2.24, 2.45) is 9.98 Å². The number of hydrogen-bond donors (Lipinski definition) is 0. The van der Waals surface area contributed by atoms with Crippen molar-refractivity contribution in [3.8, 4) is 11.1 Å². The first-order valence-electron chi connectivity index (χ1n) is 8.37. The summed E-state index contributed by atoms with van der Waals surface area (Å²) in [6, 6.07) is 29.0. The minimum atomic E-state index is 0.603. The molecule has 0 radical (unpaired) electrons. The number of rotatable bonds is 3. The zero-order valence-corrected chi connectivity index (χ0v) is 14.1. The zero-order valence-electron chi connectivity index (χ0n) is 14.1. The SMILES string of the molecule is CN1CN=C(c2ccccc2-c2ccccc2)N=C1c1ccccc1. The molecule has 25 heavy (non-hydrogen) atoms. The molecule has 122 valence electrons. The Morgan fingerprint density at radius 3 is 1.92 bits per heavy atom. The Bertz CT molecular complexity index is 928. The second-order valence-corrected chi connectivity index (χ2v) is 6.03. The Labute approximate surface area is 148 Å². The van der Waals surface area contributed by atoms with Gasteiger partial charge in [-0.05, 0) is 11.1 Å². The summed E-state index contributed by atoms with van der Waals surface area (Å²) in [7, 11) is 2.02. The smallest absolute Gasteiger partial charge is 0.159 e. The predicted molar refractivity (Wildman–Crippen MR) is 104 cm³/mol. The molecule has 0 atom stereocenters. The van der Waals surface area contributed by atoms with Gasteiger partial charge in [-0.25, -0.2) is 9.98 Å². The molecule has 1 heterocycles. The normalized spacial score (nSPS) is 14.0. The summed E-state index contributed by atoms with van der Waals surface area (Å²) in [5.41, 5.74) is 4.50. The van der Waals surface area contributed by atoms with Gasteiger partial charge in [0.2, 0.25) is 0 Å². The summed E-state index contributed by atoms with van der Waals surface area (Å²) in [6.45, 7) is 0.603. The topological polar surface area (TPSA) is 28.0 Å². The summed E-state index contributed by atoms with van der Waals surface area (Å²) < 4.78 is 0. The maximum absolute atomic E-state index is 4.88. The lowest BCUT2D eigenvalue weighted by Gasteiger charge is -2.24. The third-order valence-electron chi connectivity index (χ3n) is 4.29. The first kappa shape index (κ1) is 15.3. The quantitative estimate of drug-likeness (QED) is 0.699. The van der Waals surface area contributed by atoms with E-state index in [1.54, 1.807) is 0 Å². The summed E-state index contributed by atoms with van der Waals surface area (Å²) in [5, 5.41) is 0. The van der Waals surface area contributed by atoms with Crippen LogP contribution >= 0.6 is 0 Å². The molecule has 0 amide bonds. The molecular formula is C22H19N3. The average molecular weight is 325 g/mol. The molecule has 0 spiro atoms. The zero-order chi connectivity index (χ0) is 17.1. The van der Waals surface area contributed by atoms with Crippen LogP contribution in [0.25, 0.3) is 11.1 Å². The molecule has 0 aromatic heterocycles. The molecule has 0 fully saturated rings. The molecule has 0 saturated heterocycles. The Hall–Kier alpha value is -3.20. The van der Waals surface area contributed by atoms with Crippen molar-refractivity contribution in [2.75, 3.05) is 13.7 Å². The van der Waals surface area contributed by atoms with E-state index in [-0.39, 0.29) is 0 Å². The highest BCUT2D eigenvalue weighted by Crippen LogP contribution is 2.25. The van der Waals surface area contributed by atoms with Crippen LogP contribution in [-0.2, 0) is 0 Å². The van der Waals surface area contributed by atoms with Crippen LogP contribution in [0.5, 0.6) is 0 Å². The van der Waals surface area contributed by atoms with Crippen LogP contribution < -0.4 is 0 Å². The molecule has 3 aromatic carbocycles. The molecular weight excluding hydrogens is 306 g/mol. The van der Waals surface area contributed by atoms with E-state index in [2.05, 4.69) is 59.5 Å². The second kappa shape index (κ2) is 6.73. The second-order valence-electron chi connectivity index (χ2n) is 6.03. The van der Waals surface area contributed by atoms with E-state index in [1.807, 2.05) is 37.4 Å². The van der Waals surface area contributed by atoms with E-state index in [0.29, 0.717) is 6.67 Å². The lowest BCUT2D eigenvalue weighted by Crippen LogP contribution is -2.32. The van der Waals surface area contributed by atoms with Crippen LogP contribution in [-0.4, -0.2) is 30.3 Å². The van der Waals surface area contributed by atoms with Crippen molar-refractivity contribution in [1.82, 2.24) is 4.90 Å². The van der Waals surface area contributed by atoms with Crippen LogP contribution in [0.1, 0.15) is 11.1 Å². The maximum Gasteiger partial charge on any atom is 0.159 e. The van der Waals surface area contributed by atoms with Crippen molar-refractivity contribution in [2.45, 2.75) is 0 Å². The van der Waals surface area contributed by atoms with Crippen molar-refractivity contribution >= 4 is 11.7 Å². The first-order valence-corrected chi connectivity index (χ1v) is 8.37.